The van der Waals surface area contributed by atoms with Crippen LogP contribution in [0.25, 0.3) is 138 Å². The van der Waals surface area contributed by atoms with Crippen LogP contribution in [-0.4, -0.2) is 0 Å². The van der Waals surface area contributed by atoms with Crippen LogP contribution in [-0.2, 0) is 0 Å². The van der Waals surface area contributed by atoms with Gasteiger partial charge in [0.15, 0.2) is 0 Å². The Morgan fingerprint density at radius 3 is 0.926 bits per heavy atom. The summed E-state index contributed by atoms with van der Waals surface area (Å²) >= 11 is 3.78. The maximum absolute atomic E-state index is 2.39. The van der Waals surface area contributed by atoms with E-state index in [0.717, 1.165) is 0 Å². The van der Waals surface area contributed by atoms with Crippen molar-refractivity contribution in [3.05, 3.63) is 243 Å². The third kappa shape index (κ3) is 6.19. The van der Waals surface area contributed by atoms with E-state index >= 15 is 0 Å². The Morgan fingerprint density at radius 2 is 0.471 bits per heavy atom. The average Bonchev–Trinajstić information content (AvgIpc) is 4.00. The maximum atomic E-state index is 2.39. The van der Waals surface area contributed by atoms with Gasteiger partial charge in [0.05, 0.1) is 0 Å². The molecule has 68 heavy (non-hydrogen) atoms. The number of hydrogen-bond acceptors (Lipinski definition) is 2. The molecule has 0 fully saturated rings. The summed E-state index contributed by atoms with van der Waals surface area (Å²) < 4.78 is 5.42. The molecule has 2 heterocycles. The quantitative estimate of drug-likeness (QED) is 0.155. The summed E-state index contributed by atoms with van der Waals surface area (Å²) in [6.07, 6.45) is 0. The molecule has 15 rings (SSSR count). The van der Waals surface area contributed by atoms with Crippen LogP contribution in [0.1, 0.15) is 0 Å². The first-order valence-electron chi connectivity index (χ1n) is 23.3. The minimum absolute atomic E-state index is 1.25. The van der Waals surface area contributed by atoms with Gasteiger partial charge in [-0.15, -0.1) is 22.7 Å². The third-order valence-electron chi connectivity index (χ3n) is 14.1. The fourth-order valence-corrected chi connectivity index (χ4v) is 13.5. The van der Waals surface area contributed by atoms with Crippen molar-refractivity contribution in [3.8, 4) is 33.4 Å². The smallest absolute Gasteiger partial charge is 0.0433 e. The van der Waals surface area contributed by atoms with Gasteiger partial charge in [-0.1, -0.05) is 212 Å². The molecule has 13 aromatic carbocycles. The van der Waals surface area contributed by atoms with E-state index in [1.165, 1.54) is 138 Å². The van der Waals surface area contributed by atoms with Crippen molar-refractivity contribution in [1.29, 1.82) is 0 Å². The first-order valence-corrected chi connectivity index (χ1v) is 24.9. The lowest BCUT2D eigenvalue weighted by molar-refractivity contribution is 1.63. The van der Waals surface area contributed by atoms with E-state index in [9.17, 15) is 0 Å². The van der Waals surface area contributed by atoms with Gasteiger partial charge >= 0.3 is 0 Å². The molecule has 0 N–H and O–H groups in total. The first-order chi connectivity index (χ1) is 33.7. The molecule has 0 aliphatic heterocycles. The van der Waals surface area contributed by atoms with Gasteiger partial charge in [0.2, 0.25) is 0 Å². The molecular formula is C66H40S2. The molecule has 0 spiro atoms. The molecule has 0 aliphatic rings. The molecule has 0 nitrogen and oxygen atoms in total. The molecule has 15 aromatic rings. The number of hydrogen-bond donors (Lipinski definition) is 0. The Bertz CT molecular complexity index is 4440. The molecule has 2 heteroatoms. The Kier molecular flexibility index (Phi) is 9.05. The van der Waals surface area contributed by atoms with Gasteiger partial charge in [0.25, 0.3) is 0 Å². The summed E-state index contributed by atoms with van der Waals surface area (Å²) in [5, 5.41) is 21.2. The summed E-state index contributed by atoms with van der Waals surface area (Å²) in [7, 11) is 0. The van der Waals surface area contributed by atoms with E-state index in [1.807, 2.05) is 22.7 Å². The van der Waals surface area contributed by atoms with Crippen LogP contribution < -0.4 is 0 Å². The zero-order valence-electron chi connectivity index (χ0n) is 36.9. The van der Waals surface area contributed by atoms with Crippen LogP contribution in [0.3, 0.4) is 0 Å². The molecular weight excluding hydrogens is 857 g/mol. The average molecular weight is 897 g/mol. The highest BCUT2D eigenvalue weighted by atomic mass is 32.1. The molecule has 0 atom stereocenters. The summed E-state index contributed by atoms with van der Waals surface area (Å²) in [4.78, 5) is 0. The van der Waals surface area contributed by atoms with Gasteiger partial charge < -0.3 is 0 Å². The lowest BCUT2D eigenvalue weighted by Crippen LogP contribution is -1.86. The Hall–Kier alpha value is -8.14. The van der Waals surface area contributed by atoms with Crippen LogP contribution >= 0.6 is 22.7 Å². The second-order valence-electron chi connectivity index (χ2n) is 17.8. The van der Waals surface area contributed by atoms with Crippen LogP contribution in [0.4, 0.5) is 0 Å². The number of benzene rings is 13. The van der Waals surface area contributed by atoms with E-state index < -0.39 is 0 Å². The molecule has 0 bridgehead atoms. The molecule has 0 saturated heterocycles. The van der Waals surface area contributed by atoms with E-state index in [0.29, 0.717) is 0 Å². The summed E-state index contributed by atoms with van der Waals surface area (Å²) in [6, 6.07) is 89.0. The third-order valence-corrected chi connectivity index (χ3v) is 16.6. The largest absolute Gasteiger partial charge is 0.135 e. The Balaban J connectivity index is 0.000000131. The topological polar surface area (TPSA) is 0 Å². The molecule has 316 valence electrons. The second kappa shape index (κ2) is 15.7. The van der Waals surface area contributed by atoms with Crippen molar-refractivity contribution >= 4 is 128 Å². The van der Waals surface area contributed by atoms with Crippen molar-refractivity contribution in [2.75, 3.05) is 0 Å². The highest BCUT2D eigenvalue weighted by Gasteiger charge is 2.15. The van der Waals surface area contributed by atoms with Gasteiger partial charge in [-0.3, -0.25) is 0 Å². The molecule has 0 radical (unpaired) electrons. The second-order valence-corrected chi connectivity index (χ2v) is 19.9. The van der Waals surface area contributed by atoms with E-state index in [2.05, 4.69) is 243 Å². The van der Waals surface area contributed by atoms with Crippen LogP contribution in [0.15, 0.2) is 243 Å². The molecule has 2 aromatic heterocycles. The molecule has 0 saturated carbocycles. The predicted octanol–water partition coefficient (Wildman–Crippen LogP) is 20.0. The van der Waals surface area contributed by atoms with Gasteiger partial charge in [0, 0.05) is 40.3 Å². The highest BCUT2D eigenvalue weighted by molar-refractivity contribution is 7.26. The highest BCUT2D eigenvalue weighted by Crippen LogP contribution is 2.44. The van der Waals surface area contributed by atoms with Crippen LogP contribution in [0, 0.1) is 0 Å². The van der Waals surface area contributed by atoms with Crippen molar-refractivity contribution in [2.45, 2.75) is 0 Å². The van der Waals surface area contributed by atoms with Gasteiger partial charge in [0.1, 0.15) is 0 Å². The lowest BCUT2D eigenvalue weighted by atomic mass is 9.91. The zero-order chi connectivity index (χ0) is 44.7. The van der Waals surface area contributed by atoms with E-state index in [-0.39, 0.29) is 0 Å². The minimum Gasteiger partial charge on any atom is -0.135 e. The molecule has 0 unspecified atom stereocenters. The summed E-state index contributed by atoms with van der Waals surface area (Å²) in [5.74, 6) is 0. The van der Waals surface area contributed by atoms with Crippen molar-refractivity contribution < 1.29 is 0 Å². The first kappa shape index (κ1) is 39.1. The van der Waals surface area contributed by atoms with Crippen molar-refractivity contribution in [1.82, 2.24) is 0 Å². The normalized spacial score (nSPS) is 11.8. The predicted molar refractivity (Wildman–Crippen MR) is 300 cm³/mol. The number of rotatable bonds is 3. The van der Waals surface area contributed by atoms with Crippen molar-refractivity contribution in [2.24, 2.45) is 0 Å². The molecule has 0 aliphatic carbocycles. The zero-order valence-corrected chi connectivity index (χ0v) is 38.5. The lowest BCUT2D eigenvalue weighted by Gasteiger charge is -2.12. The Morgan fingerprint density at radius 1 is 0.176 bits per heavy atom. The fraction of sp³-hybridized carbons (Fsp3) is 0. The van der Waals surface area contributed by atoms with Crippen molar-refractivity contribution in [3.63, 3.8) is 0 Å². The summed E-state index contributed by atoms with van der Waals surface area (Å²) in [5.41, 5.74) is 7.66. The Labute approximate surface area is 401 Å². The maximum Gasteiger partial charge on any atom is 0.0433 e. The van der Waals surface area contributed by atoms with Gasteiger partial charge in [-0.2, -0.15) is 0 Å². The van der Waals surface area contributed by atoms with Crippen LogP contribution in [0.2, 0.25) is 0 Å². The van der Waals surface area contributed by atoms with E-state index in [1.54, 1.807) is 0 Å². The van der Waals surface area contributed by atoms with Crippen LogP contribution in [0.5, 0.6) is 0 Å². The SMILES string of the molecule is c1cc(-c2ccc3c4ccccc4c4ccccc4c3c2)cc(-c2cccc3c2sc2ccccc23)c1.c1ccc2c(c1)sc1c(-c3ccc4c5ccccc5c5ccccc5c4c3)cccc12. The standard InChI is InChI=1S/C36H22S.C30H18S/c1-2-13-29-27(11-1)28-12-3-4-14-30(28)34-22-24(19-20-31(29)34)23-9-7-10-25(21-23)26-16-8-17-33-32-15-5-6-18-35(32)37-36(26)33;1-2-10-23-21(8-1)22-9-3-4-11-24(22)28-18-19(16-17-25(23)28)20-13-7-14-27-26-12-5-6-15-29(26)31-30(20)27/h1-22H;1-18H. The van der Waals surface area contributed by atoms with E-state index in [4.69, 9.17) is 0 Å². The fourth-order valence-electron chi connectivity index (χ4n) is 11.0. The minimum atomic E-state index is 1.25. The van der Waals surface area contributed by atoms with Gasteiger partial charge in [-0.05, 0) is 128 Å². The number of fused-ring (bicyclic) bond motifs is 18. The summed E-state index contributed by atoms with van der Waals surface area (Å²) in [6.45, 7) is 0. The van der Waals surface area contributed by atoms with Gasteiger partial charge in [-0.25, -0.2) is 0 Å². The molecule has 0 amide bonds. The monoisotopic (exact) mass is 896 g/mol. The number of thiophene rings is 2.